The lowest BCUT2D eigenvalue weighted by atomic mass is 10.1. The molecular formula is C17H15Cl2NO. The van der Waals surface area contributed by atoms with Crippen LogP contribution in [-0.2, 0) is 17.6 Å². The number of carbonyl (C=O) groups is 1. The van der Waals surface area contributed by atoms with E-state index in [-0.39, 0.29) is 17.3 Å². The van der Waals surface area contributed by atoms with Crippen LogP contribution in [0.4, 0.5) is 0 Å². The molecule has 0 bridgehead atoms. The van der Waals surface area contributed by atoms with E-state index in [4.69, 9.17) is 23.2 Å². The van der Waals surface area contributed by atoms with E-state index in [1.807, 2.05) is 30.3 Å². The SMILES string of the molecule is O=C(Cc1ccc(Cl)cc1)NC1c2ccccc2CC1Cl. The van der Waals surface area contributed by atoms with E-state index in [9.17, 15) is 4.79 Å². The van der Waals surface area contributed by atoms with Gasteiger partial charge in [0.05, 0.1) is 17.8 Å². The first kappa shape index (κ1) is 14.4. The van der Waals surface area contributed by atoms with Crippen LogP contribution in [-0.4, -0.2) is 11.3 Å². The molecule has 0 fully saturated rings. The van der Waals surface area contributed by atoms with Crippen LogP contribution in [0, 0.1) is 0 Å². The maximum absolute atomic E-state index is 12.2. The molecule has 2 aromatic rings. The highest BCUT2D eigenvalue weighted by Gasteiger charge is 2.31. The number of alkyl halides is 1. The Balaban J connectivity index is 1.69. The third-order valence-electron chi connectivity index (χ3n) is 3.76. The summed E-state index contributed by atoms with van der Waals surface area (Å²) in [6.45, 7) is 0. The van der Waals surface area contributed by atoms with E-state index in [0.29, 0.717) is 11.4 Å². The maximum Gasteiger partial charge on any atom is 0.224 e. The number of carbonyl (C=O) groups excluding carboxylic acids is 1. The van der Waals surface area contributed by atoms with Crippen molar-refractivity contribution in [3.05, 3.63) is 70.2 Å². The summed E-state index contributed by atoms with van der Waals surface area (Å²) >= 11 is 12.2. The van der Waals surface area contributed by atoms with Gasteiger partial charge >= 0.3 is 0 Å². The molecule has 0 saturated carbocycles. The number of benzene rings is 2. The quantitative estimate of drug-likeness (QED) is 0.854. The number of nitrogens with one attached hydrogen (secondary N) is 1. The summed E-state index contributed by atoms with van der Waals surface area (Å²) in [6.07, 6.45) is 1.13. The van der Waals surface area contributed by atoms with Crippen LogP contribution in [0.1, 0.15) is 22.7 Å². The number of hydrogen-bond donors (Lipinski definition) is 1. The van der Waals surface area contributed by atoms with Gasteiger partial charge in [-0.2, -0.15) is 0 Å². The van der Waals surface area contributed by atoms with Crippen molar-refractivity contribution in [1.82, 2.24) is 5.32 Å². The number of fused-ring (bicyclic) bond motifs is 1. The minimum absolute atomic E-state index is 0.0234. The highest BCUT2D eigenvalue weighted by atomic mass is 35.5. The Labute approximate surface area is 134 Å². The number of halogens is 2. The molecule has 0 spiro atoms. The van der Waals surface area contributed by atoms with E-state index < -0.39 is 0 Å². The van der Waals surface area contributed by atoms with Crippen molar-refractivity contribution in [2.45, 2.75) is 24.3 Å². The monoisotopic (exact) mass is 319 g/mol. The van der Waals surface area contributed by atoms with Gasteiger partial charge in [-0.15, -0.1) is 11.6 Å². The van der Waals surface area contributed by atoms with Crippen molar-refractivity contribution in [3.8, 4) is 0 Å². The summed E-state index contributed by atoms with van der Waals surface area (Å²) in [7, 11) is 0. The first-order chi connectivity index (χ1) is 10.1. The predicted molar refractivity (Wildman–Crippen MR) is 85.8 cm³/mol. The van der Waals surface area contributed by atoms with E-state index in [2.05, 4.69) is 11.4 Å². The first-order valence-corrected chi connectivity index (χ1v) is 7.70. The van der Waals surface area contributed by atoms with Gasteiger partial charge in [0.2, 0.25) is 5.91 Å². The Morgan fingerprint density at radius 1 is 1.14 bits per heavy atom. The van der Waals surface area contributed by atoms with Gasteiger partial charge in [-0.1, -0.05) is 48.0 Å². The van der Waals surface area contributed by atoms with Crippen LogP contribution in [0.2, 0.25) is 5.02 Å². The molecule has 2 nitrogen and oxygen atoms in total. The topological polar surface area (TPSA) is 29.1 Å². The van der Waals surface area contributed by atoms with Crippen LogP contribution < -0.4 is 5.32 Å². The largest absolute Gasteiger partial charge is 0.347 e. The fraction of sp³-hybridized carbons (Fsp3) is 0.235. The molecule has 108 valence electrons. The number of rotatable bonds is 3. The van der Waals surface area contributed by atoms with E-state index in [1.54, 1.807) is 12.1 Å². The van der Waals surface area contributed by atoms with E-state index in [0.717, 1.165) is 17.5 Å². The van der Waals surface area contributed by atoms with Gasteiger partial charge in [-0.05, 0) is 35.2 Å². The zero-order valence-corrected chi connectivity index (χ0v) is 12.9. The average Bonchev–Trinajstić information content (AvgIpc) is 2.78. The molecule has 1 N–H and O–H groups in total. The van der Waals surface area contributed by atoms with Crippen LogP contribution in [0.5, 0.6) is 0 Å². The molecule has 0 heterocycles. The Kier molecular flexibility index (Phi) is 4.18. The Morgan fingerprint density at radius 2 is 1.86 bits per heavy atom. The smallest absolute Gasteiger partial charge is 0.224 e. The zero-order chi connectivity index (χ0) is 14.8. The standard InChI is InChI=1S/C17H15Cl2NO/c18-13-7-5-11(6-8-13)9-16(21)20-17-14-4-2-1-3-12(14)10-15(17)19/h1-8,15,17H,9-10H2,(H,20,21). The fourth-order valence-electron chi connectivity index (χ4n) is 2.73. The second-order valence-electron chi connectivity index (χ2n) is 5.27. The van der Waals surface area contributed by atoms with Crippen molar-refractivity contribution in [3.63, 3.8) is 0 Å². The second-order valence-corrected chi connectivity index (χ2v) is 6.26. The molecule has 4 heteroatoms. The van der Waals surface area contributed by atoms with Gasteiger partial charge in [-0.3, -0.25) is 4.79 Å². The van der Waals surface area contributed by atoms with E-state index >= 15 is 0 Å². The lowest BCUT2D eigenvalue weighted by molar-refractivity contribution is -0.121. The molecule has 0 radical (unpaired) electrons. The lowest BCUT2D eigenvalue weighted by Crippen LogP contribution is -2.32. The van der Waals surface area contributed by atoms with Gasteiger partial charge in [0.15, 0.2) is 0 Å². The Morgan fingerprint density at radius 3 is 2.62 bits per heavy atom. The average molecular weight is 320 g/mol. The molecule has 2 atom stereocenters. The molecule has 0 saturated heterocycles. The molecule has 2 unspecified atom stereocenters. The molecular weight excluding hydrogens is 305 g/mol. The van der Waals surface area contributed by atoms with Crippen LogP contribution >= 0.6 is 23.2 Å². The molecule has 21 heavy (non-hydrogen) atoms. The van der Waals surface area contributed by atoms with Gasteiger partial charge in [0.25, 0.3) is 0 Å². The van der Waals surface area contributed by atoms with E-state index in [1.165, 1.54) is 5.56 Å². The van der Waals surface area contributed by atoms with Gasteiger partial charge in [-0.25, -0.2) is 0 Å². The number of amides is 1. The third kappa shape index (κ3) is 3.22. The molecule has 1 aliphatic rings. The second kappa shape index (κ2) is 6.08. The molecule has 3 rings (SSSR count). The van der Waals surface area contributed by atoms with Gasteiger partial charge in [0, 0.05) is 5.02 Å². The molecule has 2 aromatic carbocycles. The summed E-state index contributed by atoms with van der Waals surface area (Å²) in [6, 6.07) is 15.3. The van der Waals surface area contributed by atoms with Crippen molar-refractivity contribution in [2.24, 2.45) is 0 Å². The van der Waals surface area contributed by atoms with Crippen LogP contribution in [0.15, 0.2) is 48.5 Å². The van der Waals surface area contributed by atoms with Gasteiger partial charge < -0.3 is 5.32 Å². The van der Waals surface area contributed by atoms with Crippen molar-refractivity contribution < 1.29 is 4.79 Å². The highest BCUT2D eigenvalue weighted by Crippen LogP contribution is 2.34. The lowest BCUT2D eigenvalue weighted by Gasteiger charge is -2.17. The minimum Gasteiger partial charge on any atom is -0.347 e. The van der Waals surface area contributed by atoms with Crippen LogP contribution in [0.25, 0.3) is 0 Å². The summed E-state index contributed by atoms with van der Waals surface area (Å²) in [4.78, 5) is 12.2. The Bertz CT molecular complexity index is 654. The van der Waals surface area contributed by atoms with Gasteiger partial charge in [0.1, 0.15) is 0 Å². The molecule has 1 aliphatic carbocycles. The van der Waals surface area contributed by atoms with Crippen LogP contribution in [0.3, 0.4) is 0 Å². The summed E-state index contributed by atoms with van der Waals surface area (Å²) < 4.78 is 0. The molecule has 1 amide bonds. The number of hydrogen-bond acceptors (Lipinski definition) is 1. The third-order valence-corrected chi connectivity index (χ3v) is 4.42. The summed E-state index contributed by atoms with van der Waals surface area (Å²) in [5.74, 6) is -0.0234. The van der Waals surface area contributed by atoms with Crippen molar-refractivity contribution >= 4 is 29.1 Å². The minimum atomic E-state index is -0.109. The maximum atomic E-state index is 12.2. The Hall–Kier alpha value is -1.51. The summed E-state index contributed by atoms with van der Waals surface area (Å²) in [5.41, 5.74) is 3.28. The predicted octanol–water partition coefficient (Wildman–Crippen LogP) is 3.90. The first-order valence-electron chi connectivity index (χ1n) is 6.89. The van der Waals surface area contributed by atoms with Crippen molar-refractivity contribution in [1.29, 1.82) is 0 Å². The fourth-order valence-corrected chi connectivity index (χ4v) is 3.22. The zero-order valence-electron chi connectivity index (χ0n) is 11.4. The highest BCUT2D eigenvalue weighted by molar-refractivity contribution is 6.30. The molecule has 0 aliphatic heterocycles. The van der Waals surface area contributed by atoms with Crippen molar-refractivity contribution in [2.75, 3.05) is 0 Å². The normalized spacial score (nSPS) is 20.1. The summed E-state index contributed by atoms with van der Waals surface area (Å²) in [5, 5.41) is 3.63. The molecule has 0 aromatic heterocycles.